The van der Waals surface area contributed by atoms with E-state index in [1.165, 1.54) is 12.1 Å². The third-order valence-electron chi connectivity index (χ3n) is 7.00. The quantitative estimate of drug-likeness (QED) is 0.303. The molecule has 1 saturated heterocycles. The lowest BCUT2D eigenvalue weighted by Gasteiger charge is -2.30. The number of carbonyl (C=O) groups is 1. The van der Waals surface area contributed by atoms with E-state index in [0.717, 1.165) is 12.5 Å². The summed E-state index contributed by atoms with van der Waals surface area (Å²) < 4.78 is 41.6. The number of fused-ring (bicyclic) bond motifs is 1. The molecule has 2 aromatic heterocycles. The van der Waals surface area contributed by atoms with Crippen molar-refractivity contribution < 1.29 is 28.2 Å². The minimum Gasteiger partial charge on any atom is -0.478 e. The Morgan fingerprint density at radius 1 is 1.12 bits per heavy atom. The molecule has 4 aromatic rings. The van der Waals surface area contributed by atoms with E-state index in [1.807, 2.05) is 20.5 Å². The summed E-state index contributed by atoms with van der Waals surface area (Å²) in [4.78, 5) is 22.5. The molecule has 10 nitrogen and oxygen atoms in total. The Morgan fingerprint density at radius 3 is 2.68 bits per heavy atom. The summed E-state index contributed by atoms with van der Waals surface area (Å²) in [7, 11) is 0. The molecule has 0 aliphatic carbocycles. The molecular formula is C28H25ClF2N6O4. The largest absolute Gasteiger partial charge is 0.478 e. The van der Waals surface area contributed by atoms with Gasteiger partial charge in [0.25, 0.3) is 0 Å². The highest BCUT2D eigenvalue weighted by Gasteiger charge is 2.25. The van der Waals surface area contributed by atoms with Gasteiger partial charge in [-0.05, 0) is 30.7 Å². The lowest BCUT2D eigenvalue weighted by molar-refractivity contribution is -0.0592. The Morgan fingerprint density at radius 2 is 1.98 bits per heavy atom. The van der Waals surface area contributed by atoms with Gasteiger partial charge in [0.05, 0.1) is 42.3 Å². The number of carboxylic acids is 1. The van der Waals surface area contributed by atoms with E-state index in [0.29, 0.717) is 71.9 Å². The molecule has 13 heteroatoms. The molecule has 2 aliphatic heterocycles. The molecule has 1 N–H and O–H groups in total. The van der Waals surface area contributed by atoms with E-state index in [4.69, 9.17) is 21.1 Å². The van der Waals surface area contributed by atoms with Crippen molar-refractivity contribution in [1.82, 2.24) is 19.5 Å². The molecule has 0 radical (unpaired) electrons. The van der Waals surface area contributed by atoms with Crippen LogP contribution in [0.25, 0.3) is 11.0 Å². The van der Waals surface area contributed by atoms with Gasteiger partial charge in [-0.1, -0.05) is 23.7 Å². The van der Waals surface area contributed by atoms with Crippen LogP contribution in [0.3, 0.4) is 0 Å². The van der Waals surface area contributed by atoms with E-state index in [-0.39, 0.29) is 12.7 Å². The third-order valence-corrected chi connectivity index (χ3v) is 7.23. The summed E-state index contributed by atoms with van der Waals surface area (Å²) in [5.41, 5.74) is 0.886. The predicted octanol–water partition coefficient (Wildman–Crippen LogP) is 4.69. The first-order valence-electron chi connectivity index (χ1n) is 13.0. The van der Waals surface area contributed by atoms with Crippen molar-refractivity contribution in [2.24, 2.45) is 5.10 Å². The lowest BCUT2D eigenvalue weighted by Crippen LogP contribution is -2.38. The van der Waals surface area contributed by atoms with E-state index in [1.54, 1.807) is 30.6 Å². The molecule has 0 saturated carbocycles. The van der Waals surface area contributed by atoms with Gasteiger partial charge in [0, 0.05) is 35.9 Å². The summed E-state index contributed by atoms with van der Waals surface area (Å²) in [6.45, 7) is 2.60. The van der Waals surface area contributed by atoms with Crippen LogP contribution in [-0.4, -0.2) is 62.8 Å². The second-order valence-electron chi connectivity index (χ2n) is 9.72. The molecule has 4 heterocycles. The standard InChI is InChI=1S/C28H25ClF2N6O4/c29-18-5-4-17(21(30)10-18)15-41-27-3-1-2-25(34-27)35-7-8-36(32-16-35)14-26-33-23-12-22(31)20(28(38)39)11-24(23)37(26)13-19-6-9-40-19/h1-5,10-12,16,19H,6-9,13-15H2,(H,38,39)/t19-/m0/s1. The second-order valence-corrected chi connectivity index (χ2v) is 10.2. The molecule has 41 heavy (non-hydrogen) atoms. The predicted molar refractivity (Wildman–Crippen MR) is 147 cm³/mol. The average molecular weight is 583 g/mol. The minimum absolute atomic E-state index is 0.00603. The van der Waals surface area contributed by atoms with Crippen molar-refractivity contribution in [2.45, 2.75) is 32.2 Å². The van der Waals surface area contributed by atoms with Gasteiger partial charge >= 0.3 is 5.97 Å². The molecule has 1 atom stereocenters. The van der Waals surface area contributed by atoms with Crippen molar-refractivity contribution in [2.75, 3.05) is 24.6 Å². The fraction of sp³-hybridized carbons (Fsp3) is 0.286. The van der Waals surface area contributed by atoms with Crippen molar-refractivity contribution in [1.29, 1.82) is 0 Å². The summed E-state index contributed by atoms with van der Waals surface area (Å²) in [5, 5.41) is 16.1. The third kappa shape index (κ3) is 5.79. The number of rotatable bonds is 9. The van der Waals surface area contributed by atoms with Gasteiger partial charge in [0.15, 0.2) is 0 Å². The van der Waals surface area contributed by atoms with Crippen LogP contribution >= 0.6 is 11.6 Å². The van der Waals surface area contributed by atoms with Gasteiger partial charge in [-0.3, -0.25) is 5.01 Å². The monoisotopic (exact) mass is 582 g/mol. The normalized spacial score (nSPS) is 16.7. The number of ether oxygens (including phenoxy) is 2. The number of aromatic nitrogens is 3. The van der Waals surface area contributed by atoms with E-state index < -0.39 is 23.2 Å². The van der Waals surface area contributed by atoms with Crippen LogP contribution in [0.5, 0.6) is 5.88 Å². The Hall–Kier alpha value is -4.29. The minimum atomic E-state index is -1.33. The maximum atomic E-state index is 14.4. The molecule has 6 rings (SSSR count). The van der Waals surface area contributed by atoms with Gasteiger partial charge in [-0.25, -0.2) is 18.6 Å². The maximum absolute atomic E-state index is 14.4. The van der Waals surface area contributed by atoms with E-state index >= 15 is 0 Å². The van der Waals surface area contributed by atoms with Gasteiger partial charge in [-0.15, -0.1) is 0 Å². The van der Waals surface area contributed by atoms with E-state index in [9.17, 15) is 18.7 Å². The highest BCUT2D eigenvalue weighted by Crippen LogP contribution is 2.26. The first-order valence-corrected chi connectivity index (χ1v) is 13.3. The van der Waals surface area contributed by atoms with Crippen LogP contribution in [0, 0.1) is 11.6 Å². The Labute approximate surface area is 238 Å². The number of hydrazone groups is 1. The van der Waals surface area contributed by atoms with Gasteiger partial charge in [0.2, 0.25) is 5.88 Å². The molecular weight excluding hydrogens is 558 g/mol. The zero-order valence-corrected chi connectivity index (χ0v) is 22.5. The number of hydrogen-bond donors (Lipinski definition) is 1. The number of halogens is 3. The summed E-state index contributed by atoms with van der Waals surface area (Å²) >= 11 is 5.82. The second kappa shape index (κ2) is 11.3. The van der Waals surface area contributed by atoms with Gasteiger partial charge in [-0.2, -0.15) is 10.1 Å². The molecule has 2 aliphatic rings. The Balaban J connectivity index is 1.16. The smallest absolute Gasteiger partial charge is 0.338 e. The zero-order valence-electron chi connectivity index (χ0n) is 21.7. The van der Waals surface area contributed by atoms with Crippen molar-refractivity contribution in [3.8, 4) is 5.88 Å². The molecule has 0 amide bonds. The Kier molecular flexibility index (Phi) is 7.41. The molecule has 1 fully saturated rings. The first kappa shape index (κ1) is 26.9. The lowest BCUT2D eigenvalue weighted by atomic mass is 10.1. The fourth-order valence-corrected chi connectivity index (χ4v) is 4.84. The van der Waals surface area contributed by atoms with Crippen molar-refractivity contribution in [3.63, 3.8) is 0 Å². The number of pyridine rings is 1. The van der Waals surface area contributed by atoms with Crippen LogP contribution in [0.2, 0.25) is 5.02 Å². The summed E-state index contributed by atoms with van der Waals surface area (Å²) in [6.07, 6.45) is 2.52. The highest BCUT2D eigenvalue weighted by atomic mass is 35.5. The highest BCUT2D eigenvalue weighted by molar-refractivity contribution is 6.30. The average Bonchev–Trinajstić information content (AvgIpc) is 3.25. The van der Waals surface area contributed by atoms with Crippen molar-refractivity contribution in [3.05, 3.63) is 82.1 Å². The van der Waals surface area contributed by atoms with Gasteiger partial charge < -0.3 is 24.0 Å². The first-order chi connectivity index (χ1) is 19.8. The van der Waals surface area contributed by atoms with Crippen LogP contribution in [0.15, 0.2) is 53.6 Å². The number of imidazole rings is 1. The number of aromatic carboxylic acids is 1. The summed E-state index contributed by atoms with van der Waals surface area (Å²) in [5.74, 6) is -1.02. The fourth-order valence-electron chi connectivity index (χ4n) is 4.68. The molecule has 0 bridgehead atoms. The number of hydrogen-bond acceptors (Lipinski definition) is 8. The van der Waals surface area contributed by atoms with Crippen LogP contribution in [-0.2, 0) is 24.4 Å². The molecule has 0 unspecified atom stereocenters. The topological polar surface area (TPSA) is 105 Å². The number of carboxylic acid groups (broad SMARTS) is 1. The zero-order chi connectivity index (χ0) is 28.5. The number of nitrogens with zero attached hydrogens (tertiary/aromatic N) is 6. The van der Waals surface area contributed by atoms with Crippen LogP contribution in [0.1, 0.15) is 28.2 Å². The maximum Gasteiger partial charge on any atom is 0.338 e. The van der Waals surface area contributed by atoms with Gasteiger partial charge in [0.1, 0.15) is 36.2 Å². The molecule has 212 valence electrons. The SMILES string of the molecule is O=C(O)c1cc2c(cc1F)nc(CN1CCN(c3cccc(OCc4ccc(Cl)cc4F)n3)C=N1)n2C[C@@H]1CCO1. The molecule has 2 aromatic carbocycles. The van der Waals surface area contributed by atoms with Crippen LogP contribution in [0.4, 0.5) is 14.6 Å². The summed E-state index contributed by atoms with van der Waals surface area (Å²) in [6, 6.07) is 12.2. The Bertz CT molecular complexity index is 1640. The van der Waals surface area contributed by atoms with E-state index in [2.05, 4.69) is 15.1 Å². The van der Waals surface area contributed by atoms with Crippen molar-refractivity contribution >= 4 is 40.8 Å². The van der Waals surface area contributed by atoms with Crippen LogP contribution < -0.4 is 9.64 Å². The number of anilines is 1. The number of benzene rings is 2. The molecule has 0 spiro atoms.